The Hall–Kier alpha value is -0.650. The molecule has 0 aromatic rings. The Bertz CT molecular complexity index is 295. The molecule has 0 aromatic carbocycles. The molecule has 5 nitrogen and oxygen atoms in total. The zero-order chi connectivity index (χ0) is 13.2. The summed E-state index contributed by atoms with van der Waals surface area (Å²) in [6.45, 7) is 1.88. The van der Waals surface area contributed by atoms with E-state index in [1.54, 1.807) is 0 Å². The van der Waals surface area contributed by atoms with Crippen molar-refractivity contribution in [3.05, 3.63) is 0 Å². The molecule has 1 saturated heterocycles. The summed E-state index contributed by atoms with van der Waals surface area (Å²) in [5.74, 6) is 0.724. The number of carbonyl (C=O) groups excluding carboxylic acids is 1. The van der Waals surface area contributed by atoms with E-state index < -0.39 is 5.54 Å². The van der Waals surface area contributed by atoms with Crippen molar-refractivity contribution in [3.63, 3.8) is 0 Å². The molecule has 1 saturated carbocycles. The van der Waals surface area contributed by atoms with Crippen molar-refractivity contribution in [1.29, 1.82) is 0 Å². The van der Waals surface area contributed by atoms with E-state index in [2.05, 4.69) is 24.3 Å². The molecule has 2 aliphatic rings. The van der Waals surface area contributed by atoms with Crippen LogP contribution in [-0.4, -0.2) is 56.2 Å². The summed E-state index contributed by atoms with van der Waals surface area (Å²) in [6.07, 6.45) is 3.80. The van der Waals surface area contributed by atoms with Gasteiger partial charge in [0.2, 0.25) is 5.91 Å². The average Bonchev–Trinajstić information content (AvgIpc) is 3.14. The van der Waals surface area contributed by atoms with Crippen LogP contribution in [0.5, 0.6) is 0 Å². The molecule has 104 valence electrons. The minimum Gasteiger partial charge on any atom is -0.381 e. The predicted octanol–water partition coefficient (Wildman–Crippen LogP) is -0.0493. The van der Waals surface area contributed by atoms with Crippen molar-refractivity contribution >= 4 is 5.91 Å². The van der Waals surface area contributed by atoms with E-state index in [1.807, 2.05) is 0 Å². The number of rotatable bonds is 5. The number of nitrogens with zero attached hydrogens (tertiary/aromatic N) is 1. The first-order valence-electron chi connectivity index (χ1n) is 6.84. The molecule has 0 radical (unpaired) electrons. The third-order valence-electron chi connectivity index (χ3n) is 4.14. The van der Waals surface area contributed by atoms with Crippen LogP contribution in [0, 0.1) is 5.92 Å². The average molecular weight is 255 g/mol. The van der Waals surface area contributed by atoms with Gasteiger partial charge in [0.05, 0.1) is 5.54 Å². The summed E-state index contributed by atoms with van der Waals surface area (Å²) in [5, 5.41) is 3.03. The van der Waals surface area contributed by atoms with Gasteiger partial charge in [-0.3, -0.25) is 4.79 Å². The van der Waals surface area contributed by atoms with E-state index in [1.165, 1.54) is 12.8 Å². The number of likely N-dealkylation sites (N-methyl/N-ethyl adjacent to an activating group) is 1. The van der Waals surface area contributed by atoms with Crippen LogP contribution in [0.1, 0.15) is 25.7 Å². The van der Waals surface area contributed by atoms with Crippen LogP contribution in [0.3, 0.4) is 0 Å². The van der Waals surface area contributed by atoms with Gasteiger partial charge in [-0.2, -0.15) is 0 Å². The summed E-state index contributed by atoms with van der Waals surface area (Å²) in [6, 6.07) is 0.442. The normalized spacial score (nSPS) is 24.9. The summed E-state index contributed by atoms with van der Waals surface area (Å²) < 4.78 is 5.26. The molecule has 18 heavy (non-hydrogen) atoms. The van der Waals surface area contributed by atoms with Crippen LogP contribution in [0.4, 0.5) is 0 Å². The molecule has 5 heteroatoms. The molecule has 1 heterocycles. The number of nitrogens with one attached hydrogen (secondary N) is 1. The van der Waals surface area contributed by atoms with Crippen molar-refractivity contribution in [2.24, 2.45) is 11.7 Å². The fourth-order valence-electron chi connectivity index (χ4n) is 2.59. The minimum atomic E-state index is -0.724. The molecule has 1 aliphatic heterocycles. The Morgan fingerprint density at radius 2 is 2.06 bits per heavy atom. The van der Waals surface area contributed by atoms with Gasteiger partial charge in [0, 0.05) is 25.8 Å². The summed E-state index contributed by atoms with van der Waals surface area (Å²) >= 11 is 0. The fourth-order valence-corrected chi connectivity index (χ4v) is 2.59. The maximum atomic E-state index is 12.2. The smallest absolute Gasteiger partial charge is 0.240 e. The Morgan fingerprint density at radius 3 is 2.56 bits per heavy atom. The molecule has 0 bridgehead atoms. The van der Waals surface area contributed by atoms with Gasteiger partial charge in [-0.25, -0.2) is 0 Å². The van der Waals surface area contributed by atoms with Gasteiger partial charge in [-0.15, -0.1) is 0 Å². The second-order valence-corrected chi connectivity index (χ2v) is 5.85. The summed E-state index contributed by atoms with van der Waals surface area (Å²) in [4.78, 5) is 14.4. The maximum absolute atomic E-state index is 12.2. The topological polar surface area (TPSA) is 67.6 Å². The number of ether oxygens (including phenoxy) is 1. The van der Waals surface area contributed by atoms with Gasteiger partial charge in [0.1, 0.15) is 0 Å². The van der Waals surface area contributed by atoms with Crippen LogP contribution in [0.25, 0.3) is 0 Å². The molecule has 3 N–H and O–H groups in total. The molecular formula is C13H25N3O2. The van der Waals surface area contributed by atoms with Crippen LogP contribution in [-0.2, 0) is 9.53 Å². The highest BCUT2D eigenvalue weighted by molar-refractivity contribution is 5.86. The second-order valence-electron chi connectivity index (χ2n) is 5.85. The minimum absolute atomic E-state index is 0.0155. The highest BCUT2D eigenvalue weighted by Crippen LogP contribution is 2.34. The first kappa shape index (κ1) is 13.8. The lowest BCUT2D eigenvalue weighted by molar-refractivity contribution is -0.130. The summed E-state index contributed by atoms with van der Waals surface area (Å²) in [7, 11) is 4.14. The SMILES string of the molecule is CN(C)C(CNC(=O)C1(N)CCOCC1)C1CC1. The first-order valence-corrected chi connectivity index (χ1v) is 6.84. The van der Waals surface area contributed by atoms with Crippen LogP contribution < -0.4 is 11.1 Å². The maximum Gasteiger partial charge on any atom is 0.240 e. The van der Waals surface area contributed by atoms with Gasteiger partial charge in [0.15, 0.2) is 0 Å². The van der Waals surface area contributed by atoms with Crippen molar-refractivity contribution in [1.82, 2.24) is 10.2 Å². The monoisotopic (exact) mass is 255 g/mol. The van der Waals surface area contributed by atoms with E-state index in [-0.39, 0.29) is 5.91 Å². The van der Waals surface area contributed by atoms with Gasteiger partial charge in [0.25, 0.3) is 0 Å². The van der Waals surface area contributed by atoms with Crippen LogP contribution in [0.15, 0.2) is 0 Å². The van der Waals surface area contributed by atoms with E-state index in [4.69, 9.17) is 10.5 Å². The van der Waals surface area contributed by atoms with Gasteiger partial charge < -0.3 is 20.7 Å². The van der Waals surface area contributed by atoms with Crippen LogP contribution >= 0.6 is 0 Å². The Kier molecular flexibility index (Phi) is 4.25. The largest absolute Gasteiger partial charge is 0.381 e. The molecule has 2 rings (SSSR count). The van der Waals surface area contributed by atoms with E-state index in [9.17, 15) is 4.79 Å². The molecule has 0 aromatic heterocycles. The summed E-state index contributed by atoms with van der Waals surface area (Å²) in [5.41, 5.74) is 5.43. The molecule has 0 spiro atoms. The molecule has 2 fully saturated rings. The highest BCUT2D eigenvalue weighted by atomic mass is 16.5. The first-order chi connectivity index (χ1) is 8.53. The lowest BCUT2D eigenvalue weighted by atomic mass is 9.90. The standard InChI is InChI=1S/C13H25N3O2/c1-16(2)11(10-3-4-10)9-15-12(17)13(14)5-7-18-8-6-13/h10-11H,3-9,14H2,1-2H3,(H,15,17). The number of carbonyl (C=O) groups is 1. The number of amides is 1. The number of nitrogens with two attached hydrogens (primary N) is 1. The third kappa shape index (κ3) is 3.22. The molecule has 1 unspecified atom stereocenters. The molecule has 1 atom stereocenters. The van der Waals surface area contributed by atoms with Gasteiger partial charge in [-0.1, -0.05) is 0 Å². The van der Waals surface area contributed by atoms with Gasteiger partial charge in [-0.05, 0) is 45.7 Å². The van der Waals surface area contributed by atoms with Crippen molar-refractivity contribution in [2.45, 2.75) is 37.3 Å². The van der Waals surface area contributed by atoms with E-state index in [0.29, 0.717) is 38.6 Å². The molecule has 1 amide bonds. The Morgan fingerprint density at radius 1 is 1.44 bits per heavy atom. The van der Waals surface area contributed by atoms with E-state index in [0.717, 1.165) is 5.92 Å². The number of hydrogen-bond donors (Lipinski definition) is 2. The fraction of sp³-hybridized carbons (Fsp3) is 0.923. The van der Waals surface area contributed by atoms with Crippen LogP contribution in [0.2, 0.25) is 0 Å². The third-order valence-corrected chi connectivity index (χ3v) is 4.14. The zero-order valence-electron chi connectivity index (χ0n) is 11.4. The number of hydrogen-bond acceptors (Lipinski definition) is 4. The lowest BCUT2D eigenvalue weighted by Gasteiger charge is -2.33. The highest BCUT2D eigenvalue weighted by Gasteiger charge is 2.37. The Labute approximate surface area is 109 Å². The van der Waals surface area contributed by atoms with Crippen molar-refractivity contribution in [2.75, 3.05) is 33.9 Å². The Balaban J connectivity index is 1.82. The van der Waals surface area contributed by atoms with Gasteiger partial charge >= 0.3 is 0 Å². The quantitative estimate of drug-likeness (QED) is 0.723. The lowest BCUT2D eigenvalue weighted by Crippen LogP contribution is -2.58. The van der Waals surface area contributed by atoms with Crippen molar-refractivity contribution in [3.8, 4) is 0 Å². The van der Waals surface area contributed by atoms with Crippen molar-refractivity contribution < 1.29 is 9.53 Å². The zero-order valence-corrected chi connectivity index (χ0v) is 11.4. The molecule has 1 aliphatic carbocycles. The second kappa shape index (κ2) is 5.55. The van der Waals surface area contributed by atoms with E-state index >= 15 is 0 Å². The molecular weight excluding hydrogens is 230 g/mol. The predicted molar refractivity (Wildman–Crippen MR) is 70.2 cm³/mol.